The number of halogens is 1. The van der Waals surface area contributed by atoms with Crippen molar-refractivity contribution in [2.24, 2.45) is 0 Å². The molecule has 6 rings (SSSR count). The van der Waals surface area contributed by atoms with Gasteiger partial charge in [0.05, 0.1) is 10.7 Å². The third kappa shape index (κ3) is 4.00. The number of aromatic nitrogens is 7. The number of nitrogens with zero attached hydrogens (tertiary/aromatic N) is 6. The number of hydrogen-bond donors (Lipinski definition) is 3. The molecule has 37 heavy (non-hydrogen) atoms. The molecule has 4 aromatic heterocycles. The topological polar surface area (TPSA) is 147 Å². The van der Waals surface area contributed by atoms with Gasteiger partial charge in [-0.05, 0) is 50.5 Å². The lowest BCUT2D eigenvalue weighted by Gasteiger charge is -2.12. The number of anilines is 1. The summed E-state index contributed by atoms with van der Waals surface area (Å²) in [4.78, 5) is 20.2. The van der Waals surface area contributed by atoms with Gasteiger partial charge in [-0.1, -0.05) is 37.3 Å². The van der Waals surface area contributed by atoms with Crippen molar-refractivity contribution < 1.29 is 14.3 Å². The summed E-state index contributed by atoms with van der Waals surface area (Å²) in [7, 11) is 0. The number of rotatable bonds is 7. The summed E-state index contributed by atoms with van der Waals surface area (Å²) >= 11 is 3.73. The molecule has 0 saturated carbocycles. The second-order valence-electron chi connectivity index (χ2n) is 8.29. The number of nitrogens with one attached hydrogen (secondary N) is 2. The van der Waals surface area contributed by atoms with Crippen LogP contribution in [0.2, 0.25) is 0 Å². The Morgan fingerprint density at radius 2 is 2.03 bits per heavy atom. The van der Waals surface area contributed by atoms with Gasteiger partial charge in [-0.3, -0.25) is 4.40 Å². The Morgan fingerprint density at radius 3 is 2.78 bits per heavy atom. The number of benzene rings is 2. The number of tetrazole rings is 1. The zero-order valence-corrected chi connectivity index (χ0v) is 21.0. The number of carboxylic acids is 1. The predicted molar refractivity (Wildman–Crippen MR) is 139 cm³/mol. The molecule has 0 atom stereocenters. The zero-order valence-electron chi connectivity index (χ0n) is 19.4. The highest BCUT2D eigenvalue weighted by atomic mass is 79.9. The van der Waals surface area contributed by atoms with Crippen LogP contribution in [-0.4, -0.2) is 46.1 Å². The predicted octanol–water partition coefficient (Wildman–Crippen LogP) is 4.96. The number of H-pyrrole nitrogens is 1. The van der Waals surface area contributed by atoms with Crippen molar-refractivity contribution in [3.63, 3.8) is 0 Å². The summed E-state index contributed by atoms with van der Waals surface area (Å²) in [5.74, 6) is 0.611. The second kappa shape index (κ2) is 9.13. The van der Waals surface area contributed by atoms with Gasteiger partial charge in [0, 0.05) is 34.8 Å². The summed E-state index contributed by atoms with van der Waals surface area (Å²) < 4.78 is 8.55. The van der Waals surface area contributed by atoms with E-state index >= 15 is 0 Å². The van der Waals surface area contributed by atoms with E-state index in [-0.39, 0.29) is 5.82 Å². The highest BCUT2D eigenvalue weighted by Gasteiger charge is 2.20. The molecule has 0 fully saturated rings. The van der Waals surface area contributed by atoms with Crippen LogP contribution in [-0.2, 0) is 13.0 Å². The van der Waals surface area contributed by atoms with Crippen LogP contribution in [0.15, 0.2) is 63.6 Å². The van der Waals surface area contributed by atoms with E-state index in [2.05, 4.69) is 51.8 Å². The lowest BCUT2D eigenvalue weighted by atomic mass is 10.0. The number of hydrogen-bond acceptors (Lipinski definition) is 8. The van der Waals surface area contributed by atoms with E-state index in [1.807, 2.05) is 55.5 Å². The molecular weight excluding hydrogens is 540 g/mol. The van der Waals surface area contributed by atoms with Crippen LogP contribution < -0.4 is 5.32 Å². The number of carbonyl (C=O) groups is 1. The summed E-state index contributed by atoms with van der Waals surface area (Å²) in [5, 5.41) is 28.0. The molecule has 0 aliphatic rings. The van der Waals surface area contributed by atoms with Crippen LogP contribution in [0.1, 0.15) is 28.8 Å². The molecule has 0 aliphatic heterocycles. The first-order valence-electron chi connectivity index (χ1n) is 11.4. The van der Waals surface area contributed by atoms with Gasteiger partial charge in [0.1, 0.15) is 17.2 Å². The van der Waals surface area contributed by atoms with Crippen LogP contribution >= 0.6 is 15.9 Å². The van der Waals surface area contributed by atoms with Gasteiger partial charge in [-0.25, -0.2) is 19.9 Å². The third-order valence-electron chi connectivity index (χ3n) is 6.04. The van der Waals surface area contributed by atoms with E-state index in [1.165, 1.54) is 10.6 Å². The fourth-order valence-electron chi connectivity index (χ4n) is 4.27. The van der Waals surface area contributed by atoms with Gasteiger partial charge < -0.3 is 14.8 Å². The van der Waals surface area contributed by atoms with E-state index in [1.54, 1.807) is 0 Å². The van der Waals surface area contributed by atoms with Crippen LogP contribution in [0.25, 0.3) is 39.3 Å². The van der Waals surface area contributed by atoms with Crippen molar-refractivity contribution in [3.8, 4) is 22.7 Å². The maximum atomic E-state index is 11.7. The number of furan rings is 1. The van der Waals surface area contributed by atoms with Crippen LogP contribution in [0, 0.1) is 0 Å². The largest absolute Gasteiger partial charge is 0.475 e. The summed E-state index contributed by atoms with van der Waals surface area (Å²) in [6.07, 6.45) is 2.18. The fourth-order valence-corrected chi connectivity index (χ4v) is 4.88. The molecule has 12 heteroatoms. The maximum Gasteiger partial charge on any atom is 0.372 e. The molecule has 0 bridgehead atoms. The van der Waals surface area contributed by atoms with Gasteiger partial charge in [0.25, 0.3) is 0 Å². The van der Waals surface area contributed by atoms with Gasteiger partial charge in [0.15, 0.2) is 11.5 Å². The van der Waals surface area contributed by atoms with Crippen molar-refractivity contribution >= 4 is 44.3 Å². The molecule has 0 unspecified atom stereocenters. The monoisotopic (exact) mass is 558 g/mol. The van der Waals surface area contributed by atoms with Crippen molar-refractivity contribution in [2.45, 2.75) is 19.9 Å². The normalized spacial score (nSPS) is 11.4. The number of carboxylic acid groups (broad SMARTS) is 1. The molecule has 0 spiro atoms. The smallest absolute Gasteiger partial charge is 0.372 e. The Morgan fingerprint density at radius 1 is 1.19 bits per heavy atom. The van der Waals surface area contributed by atoms with E-state index in [0.29, 0.717) is 36.0 Å². The SMILES string of the molecule is CCc1cc(NCc2ccc3oc(-c4ccccc4-c4nnn[nH]4)c(Br)c3c2)n2c(C(=O)O)ncc2n1. The molecule has 184 valence electrons. The third-order valence-corrected chi connectivity index (χ3v) is 6.82. The Balaban J connectivity index is 1.36. The molecule has 0 saturated heterocycles. The van der Waals surface area contributed by atoms with Gasteiger partial charge >= 0.3 is 5.97 Å². The summed E-state index contributed by atoms with van der Waals surface area (Å²) in [6, 6.07) is 15.5. The van der Waals surface area contributed by atoms with Crippen LogP contribution in [0.5, 0.6) is 0 Å². The zero-order chi connectivity index (χ0) is 25.5. The molecule has 2 aromatic carbocycles. The van der Waals surface area contributed by atoms with Gasteiger partial charge in [-0.2, -0.15) is 0 Å². The van der Waals surface area contributed by atoms with Crippen LogP contribution in [0.3, 0.4) is 0 Å². The van der Waals surface area contributed by atoms with Gasteiger partial charge in [-0.15, -0.1) is 5.10 Å². The molecule has 11 nitrogen and oxygen atoms in total. The first-order chi connectivity index (χ1) is 18.0. The minimum atomic E-state index is -1.12. The number of imidazole rings is 1. The van der Waals surface area contributed by atoms with Crippen molar-refractivity contribution in [3.05, 3.63) is 76.3 Å². The maximum absolute atomic E-state index is 11.7. The minimum absolute atomic E-state index is 0.0917. The molecule has 6 aromatic rings. The lowest BCUT2D eigenvalue weighted by Crippen LogP contribution is -2.11. The summed E-state index contributed by atoms with van der Waals surface area (Å²) in [6.45, 7) is 2.44. The quantitative estimate of drug-likeness (QED) is 0.247. The second-order valence-corrected chi connectivity index (χ2v) is 9.08. The molecular formula is C25H19BrN8O3. The van der Waals surface area contributed by atoms with Crippen molar-refractivity contribution in [1.82, 2.24) is 35.0 Å². The fraction of sp³-hybridized carbons (Fsp3) is 0.120. The van der Waals surface area contributed by atoms with E-state index in [4.69, 9.17) is 4.42 Å². The lowest BCUT2D eigenvalue weighted by molar-refractivity contribution is 0.0683. The molecule has 3 N–H and O–H groups in total. The minimum Gasteiger partial charge on any atom is -0.475 e. The molecule has 4 heterocycles. The molecule has 0 amide bonds. The van der Waals surface area contributed by atoms with E-state index in [0.717, 1.165) is 37.8 Å². The van der Waals surface area contributed by atoms with Crippen molar-refractivity contribution in [2.75, 3.05) is 5.32 Å². The first kappa shape index (κ1) is 22.9. The number of fused-ring (bicyclic) bond motifs is 2. The number of aromatic amines is 1. The average Bonchev–Trinajstić information content (AvgIpc) is 3.66. The Hall–Kier alpha value is -4.58. The molecule has 0 aliphatic carbocycles. The first-order valence-corrected chi connectivity index (χ1v) is 12.2. The average molecular weight is 559 g/mol. The Kier molecular flexibility index (Phi) is 5.64. The van der Waals surface area contributed by atoms with Gasteiger partial charge in [0.2, 0.25) is 5.82 Å². The molecule has 0 radical (unpaired) electrons. The Bertz CT molecular complexity index is 1770. The Labute approximate surface area is 217 Å². The van der Waals surface area contributed by atoms with E-state index in [9.17, 15) is 9.90 Å². The number of aryl methyl sites for hydroxylation is 1. The van der Waals surface area contributed by atoms with Crippen molar-refractivity contribution in [1.29, 1.82) is 0 Å². The number of aromatic carboxylic acids is 1. The standard InChI is InChI=1S/C25H19BrN8O3/c1-2-14-10-19(34-20(29-14)12-28-24(34)25(35)36)27-11-13-7-8-18-17(9-13)21(26)22(37-18)15-5-3-4-6-16(15)23-30-32-33-31-23/h3-10,12,27H,2,11H2,1H3,(H,35,36)(H,30,31,32,33). The van der Waals surface area contributed by atoms with Crippen LogP contribution in [0.4, 0.5) is 5.82 Å². The highest BCUT2D eigenvalue weighted by Crippen LogP contribution is 2.41. The highest BCUT2D eigenvalue weighted by molar-refractivity contribution is 9.10. The van der Waals surface area contributed by atoms with E-state index < -0.39 is 5.97 Å². The summed E-state index contributed by atoms with van der Waals surface area (Å²) in [5.41, 5.74) is 4.68.